The van der Waals surface area contributed by atoms with Crippen LogP contribution in [0.5, 0.6) is 0 Å². The minimum atomic E-state index is 0. The quantitative estimate of drug-likeness (QED) is 0.793. The first-order valence-electron chi connectivity index (χ1n) is 8.87. The maximum atomic E-state index is 13.0. The molecule has 1 aromatic rings. The third-order valence-electron chi connectivity index (χ3n) is 5.72. The Morgan fingerprint density at radius 2 is 1.96 bits per heavy atom. The Balaban J connectivity index is 0.00000208. The van der Waals surface area contributed by atoms with Crippen LogP contribution in [0.2, 0.25) is 0 Å². The van der Waals surface area contributed by atoms with E-state index in [1.54, 1.807) is 0 Å². The first kappa shape index (κ1) is 19.7. The van der Waals surface area contributed by atoms with E-state index in [1.165, 1.54) is 24.8 Å². The van der Waals surface area contributed by atoms with E-state index in [1.807, 2.05) is 17.0 Å². The Hall–Kier alpha value is -0.580. The number of amides is 1. The molecule has 0 aliphatic heterocycles. The summed E-state index contributed by atoms with van der Waals surface area (Å²) < 4.78 is 1.07. The lowest BCUT2D eigenvalue weighted by Gasteiger charge is -2.44. The van der Waals surface area contributed by atoms with Crippen molar-refractivity contribution in [1.29, 1.82) is 0 Å². The Labute approximate surface area is 159 Å². The molecule has 2 bridgehead atoms. The average Bonchev–Trinajstić information content (AvgIpc) is 2.52. The first-order chi connectivity index (χ1) is 11.1. The summed E-state index contributed by atoms with van der Waals surface area (Å²) in [5, 5.41) is 0. The molecule has 2 atom stereocenters. The van der Waals surface area contributed by atoms with Gasteiger partial charge in [-0.15, -0.1) is 12.4 Å². The number of benzene rings is 1. The highest BCUT2D eigenvalue weighted by Gasteiger charge is 2.41. The fourth-order valence-electron chi connectivity index (χ4n) is 4.45. The van der Waals surface area contributed by atoms with Gasteiger partial charge in [-0.1, -0.05) is 34.5 Å². The maximum absolute atomic E-state index is 13.0. The summed E-state index contributed by atoms with van der Waals surface area (Å²) in [6.07, 6.45) is 5.69. The average molecular weight is 416 g/mol. The van der Waals surface area contributed by atoms with Crippen LogP contribution < -0.4 is 5.73 Å². The van der Waals surface area contributed by atoms with Crippen molar-refractivity contribution < 1.29 is 4.79 Å². The summed E-state index contributed by atoms with van der Waals surface area (Å²) in [5.74, 6) is 1.62. The van der Waals surface area contributed by atoms with E-state index in [0.717, 1.165) is 23.9 Å². The monoisotopic (exact) mass is 414 g/mol. The molecule has 1 amide bonds. The molecular formula is C19H28BrClN2O. The largest absolute Gasteiger partial charge is 0.338 e. The van der Waals surface area contributed by atoms with Crippen LogP contribution in [0.4, 0.5) is 0 Å². The second kappa shape index (κ2) is 8.68. The minimum Gasteiger partial charge on any atom is -0.338 e. The van der Waals surface area contributed by atoms with Gasteiger partial charge in [-0.2, -0.15) is 0 Å². The van der Waals surface area contributed by atoms with Crippen LogP contribution in [-0.4, -0.2) is 23.4 Å². The van der Waals surface area contributed by atoms with E-state index in [2.05, 4.69) is 35.0 Å². The predicted octanol–water partition coefficient (Wildman–Crippen LogP) is 4.37. The van der Waals surface area contributed by atoms with Crippen molar-refractivity contribution in [2.24, 2.45) is 23.5 Å². The molecular weight excluding hydrogens is 388 g/mol. The molecule has 134 valence electrons. The van der Waals surface area contributed by atoms with Gasteiger partial charge in [-0.3, -0.25) is 4.79 Å². The molecule has 5 heteroatoms. The minimum absolute atomic E-state index is 0. The van der Waals surface area contributed by atoms with Crippen molar-refractivity contribution in [2.75, 3.05) is 6.54 Å². The number of hydrogen-bond donors (Lipinski definition) is 1. The molecule has 0 spiro atoms. The third kappa shape index (κ3) is 4.33. The molecule has 2 fully saturated rings. The Bertz CT molecular complexity index is 554. The van der Waals surface area contributed by atoms with Gasteiger partial charge >= 0.3 is 0 Å². The molecule has 0 saturated heterocycles. The van der Waals surface area contributed by atoms with Crippen LogP contribution in [0.1, 0.15) is 44.6 Å². The molecule has 0 heterocycles. The van der Waals surface area contributed by atoms with Crippen molar-refractivity contribution in [3.05, 3.63) is 34.3 Å². The van der Waals surface area contributed by atoms with E-state index in [-0.39, 0.29) is 18.3 Å². The number of halogens is 2. The molecule has 1 aromatic carbocycles. The van der Waals surface area contributed by atoms with Gasteiger partial charge in [0.25, 0.3) is 0 Å². The molecule has 2 unspecified atom stereocenters. The van der Waals surface area contributed by atoms with Crippen molar-refractivity contribution in [3.8, 4) is 0 Å². The number of nitrogens with zero attached hydrogens (tertiary/aromatic N) is 1. The zero-order chi connectivity index (χ0) is 16.4. The molecule has 2 aliphatic carbocycles. The van der Waals surface area contributed by atoms with Crippen molar-refractivity contribution >= 4 is 34.2 Å². The maximum Gasteiger partial charge on any atom is 0.225 e. The lowest BCUT2D eigenvalue weighted by Crippen LogP contribution is -2.49. The zero-order valence-corrected chi connectivity index (χ0v) is 16.7. The number of carbonyl (C=O) groups is 1. The zero-order valence-electron chi connectivity index (χ0n) is 14.3. The van der Waals surface area contributed by atoms with Gasteiger partial charge in [0.1, 0.15) is 0 Å². The summed E-state index contributed by atoms with van der Waals surface area (Å²) in [5.41, 5.74) is 7.55. The highest BCUT2D eigenvalue weighted by Crippen LogP contribution is 2.42. The number of hydrogen-bond acceptors (Lipinski definition) is 2. The van der Waals surface area contributed by atoms with Crippen LogP contribution in [-0.2, 0) is 11.3 Å². The normalized spacial score (nSPS) is 28.8. The van der Waals surface area contributed by atoms with Crippen molar-refractivity contribution in [1.82, 2.24) is 4.90 Å². The summed E-state index contributed by atoms with van der Waals surface area (Å²) >= 11 is 3.51. The number of rotatable bonds is 4. The molecule has 0 aromatic heterocycles. The van der Waals surface area contributed by atoms with Gasteiger partial charge in [-0.25, -0.2) is 0 Å². The Morgan fingerprint density at radius 1 is 1.29 bits per heavy atom. The summed E-state index contributed by atoms with van der Waals surface area (Å²) in [4.78, 5) is 15.0. The van der Waals surface area contributed by atoms with Gasteiger partial charge in [0.05, 0.1) is 0 Å². The van der Waals surface area contributed by atoms with Gasteiger partial charge < -0.3 is 10.6 Å². The summed E-state index contributed by atoms with van der Waals surface area (Å²) in [6.45, 7) is 3.54. The van der Waals surface area contributed by atoms with Crippen molar-refractivity contribution in [3.63, 3.8) is 0 Å². The molecule has 24 heavy (non-hydrogen) atoms. The molecule has 3 nitrogen and oxygen atoms in total. The summed E-state index contributed by atoms with van der Waals surface area (Å²) in [6, 6.07) is 8.56. The first-order valence-corrected chi connectivity index (χ1v) is 9.66. The van der Waals surface area contributed by atoms with E-state index in [9.17, 15) is 4.79 Å². The molecule has 2 saturated carbocycles. The van der Waals surface area contributed by atoms with Gasteiger partial charge in [0.15, 0.2) is 0 Å². The molecule has 3 rings (SSSR count). The molecule has 0 radical (unpaired) electrons. The van der Waals surface area contributed by atoms with E-state index < -0.39 is 0 Å². The number of fused-ring (bicyclic) bond motifs is 2. The fraction of sp³-hybridized carbons (Fsp3) is 0.632. The van der Waals surface area contributed by atoms with E-state index in [0.29, 0.717) is 30.3 Å². The second-order valence-corrected chi connectivity index (χ2v) is 8.09. The van der Waals surface area contributed by atoms with Gasteiger partial charge in [0, 0.05) is 29.5 Å². The Kier molecular flexibility index (Phi) is 7.14. The SMILES string of the molecule is CCN(Cc1cccc(Br)c1)C(=O)C1CC2CCCC(C1)C2N.Cl. The Morgan fingerprint density at radius 3 is 2.54 bits per heavy atom. The smallest absolute Gasteiger partial charge is 0.225 e. The van der Waals surface area contributed by atoms with Crippen LogP contribution in [0.15, 0.2) is 28.7 Å². The van der Waals surface area contributed by atoms with Crippen LogP contribution in [0, 0.1) is 17.8 Å². The fourth-order valence-corrected chi connectivity index (χ4v) is 4.90. The lowest BCUT2D eigenvalue weighted by molar-refractivity contribution is -0.139. The van der Waals surface area contributed by atoms with E-state index in [4.69, 9.17) is 5.73 Å². The van der Waals surface area contributed by atoms with E-state index >= 15 is 0 Å². The van der Waals surface area contributed by atoms with Crippen LogP contribution in [0.3, 0.4) is 0 Å². The van der Waals surface area contributed by atoms with Crippen molar-refractivity contribution in [2.45, 2.75) is 51.6 Å². The second-order valence-electron chi connectivity index (χ2n) is 7.18. The van der Waals surface area contributed by atoms with Gasteiger partial charge in [0.2, 0.25) is 5.91 Å². The molecule has 2 aliphatic rings. The van der Waals surface area contributed by atoms with Crippen LogP contribution in [0.25, 0.3) is 0 Å². The highest BCUT2D eigenvalue weighted by molar-refractivity contribution is 9.10. The standard InChI is InChI=1S/C19H27BrN2O.ClH/c1-2-22(12-13-5-3-8-17(20)9-13)19(23)16-10-14-6-4-7-15(11-16)18(14)21;/h3,5,8-9,14-16,18H,2,4,6-7,10-12,21H2,1H3;1H. The lowest BCUT2D eigenvalue weighted by atomic mass is 9.65. The predicted molar refractivity (Wildman–Crippen MR) is 104 cm³/mol. The number of nitrogens with two attached hydrogens (primary N) is 1. The highest BCUT2D eigenvalue weighted by atomic mass is 79.9. The van der Waals surface area contributed by atoms with Gasteiger partial charge in [-0.05, 0) is 62.1 Å². The third-order valence-corrected chi connectivity index (χ3v) is 6.21. The topological polar surface area (TPSA) is 46.3 Å². The van der Waals surface area contributed by atoms with Crippen LogP contribution >= 0.6 is 28.3 Å². The number of carbonyl (C=O) groups excluding carboxylic acids is 1. The summed E-state index contributed by atoms with van der Waals surface area (Å²) in [7, 11) is 0. The molecule has 2 N–H and O–H groups in total.